The summed E-state index contributed by atoms with van der Waals surface area (Å²) in [4.78, 5) is 8.18. The van der Waals surface area contributed by atoms with Gasteiger partial charge in [0.05, 0.1) is 5.52 Å². The van der Waals surface area contributed by atoms with Gasteiger partial charge < -0.3 is 15.2 Å². The van der Waals surface area contributed by atoms with Crippen LogP contribution in [0.25, 0.3) is 10.9 Å². The normalized spacial score (nSPS) is 10.5. The van der Waals surface area contributed by atoms with Crippen molar-refractivity contribution in [2.45, 2.75) is 0 Å². The van der Waals surface area contributed by atoms with Crippen molar-refractivity contribution in [3.05, 3.63) is 24.3 Å². The number of nitrogens with two attached hydrogens (primary N) is 1. The third-order valence-electron chi connectivity index (χ3n) is 1.92. The summed E-state index contributed by atoms with van der Waals surface area (Å²) >= 11 is 0. The fraction of sp³-hybridized carbons (Fsp3) is 0.200. The molecule has 5 heteroatoms. The first-order valence-corrected chi connectivity index (χ1v) is 4.45. The number of nitrogen functional groups attached to an aromatic ring is 1. The van der Waals surface area contributed by atoms with E-state index >= 15 is 0 Å². The molecule has 0 unspecified atom stereocenters. The summed E-state index contributed by atoms with van der Waals surface area (Å²) in [7, 11) is 1.53. The number of anilines is 1. The van der Waals surface area contributed by atoms with Crippen LogP contribution in [0.3, 0.4) is 0 Å². The molecule has 0 fully saturated rings. The summed E-state index contributed by atoms with van der Waals surface area (Å²) in [6.45, 7) is 0.109. The SMILES string of the molecule is COCOc1nc(N)c2ccccc2n1. The van der Waals surface area contributed by atoms with Crippen LogP contribution >= 0.6 is 0 Å². The molecule has 2 rings (SSSR count). The smallest absolute Gasteiger partial charge is 0.321 e. The van der Waals surface area contributed by atoms with Crippen LogP contribution in [-0.2, 0) is 4.74 Å². The second kappa shape index (κ2) is 4.10. The first-order chi connectivity index (χ1) is 7.31. The number of nitrogens with zero attached hydrogens (tertiary/aromatic N) is 2. The predicted molar refractivity (Wildman–Crippen MR) is 56.5 cm³/mol. The van der Waals surface area contributed by atoms with Gasteiger partial charge in [-0.15, -0.1) is 0 Å². The number of benzene rings is 1. The Morgan fingerprint density at radius 1 is 1.27 bits per heavy atom. The topological polar surface area (TPSA) is 70.3 Å². The summed E-state index contributed by atoms with van der Waals surface area (Å²) in [6, 6.07) is 7.72. The van der Waals surface area contributed by atoms with Crippen molar-refractivity contribution < 1.29 is 9.47 Å². The number of fused-ring (bicyclic) bond motifs is 1. The van der Waals surface area contributed by atoms with Crippen LogP contribution in [0.4, 0.5) is 5.82 Å². The average molecular weight is 205 g/mol. The van der Waals surface area contributed by atoms with Crippen molar-refractivity contribution in [2.24, 2.45) is 0 Å². The van der Waals surface area contributed by atoms with Crippen molar-refractivity contribution in [3.8, 4) is 6.01 Å². The van der Waals surface area contributed by atoms with Crippen molar-refractivity contribution in [2.75, 3.05) is 19.6 Å². The van der Waals surface area contributed by atoms with Gasteiger partial charge in [0.25, 0.3) is 0 Å². The van der Waals surface area contributed by atoms with Crippen LogP contribution in [-0.4, -0.2) is 23.9 Å². The molecule has 0 saturated heterocycles. The molecule has 0 amide bonds. The summed E-state index contributed by atoms with van der Waals surface area (Å²) in [5.74, 6) is 0.409. The fourth-order valence-corrected chi connectivity index (χ4v) is 1.26. The Bertz CT molecular complexity index is 473. The minimum atomic E-state index is 0.109. The third kappa shape index (κ3) is 1.97. The lowest BCUT2D eigenvalue weighted by Gasteiger charge is -2.05. The first kappa shape index (κ1) is 9.67. The Morgan fingerprint density at radius 2 is 2.07 bits per heavy atom. The quantitative estimate of drug-likeness (QED) is 0.762. The van der Waals surface area contributed by atoms with Crippen LogP contribution in [0.1, 0.15) is 0 Å². The summed E-state index contributed by atoms with van der Waals surface area (Å²) in [6.07, 6.45) is 0. The van der Waals surface area contributed by atoms with Gasteiger partial charge in [0.2, 0.25) is 0 Å². The van der Waals surface area contributed by atoms with Gasteiger partial charge >= 0.3 is 6.01 Å². The lowest BCUT2D eigenvalue weighted by Crippen LogP contribution is -2.04. The third-order valence-corrected chi connectivity index (χ3v) is 1.92. The van der Waals surface area contributed by atoms with Crippen molar-refractivity contribution in [1.29, 1.82) is 0 Å². The number of hydrogen-bond donors (Lipinski definition) is 1. The molecule has 0 bridgehead atoms. The molecule has 0 saturated carbocycles. The van der Waals surface area contributed by atoms with E-state index in [2.05, 4.69) is 9.97 Å². The van der Waals surface area contributed by atoms with Gasteiger partial charge in [0.15, 0.2) is 6.79 Å². The van der Waals surface area contributed by atoms with Crippen molar-refractivity contribution >= 4 is 16.7 Å². The number of hydrogen-bond acceptors (Lipinski definition) is 5. The molecule has 0 radical (unpaired) electrons. The molecule has 2 N–H and O–H groups in total. The number of ether oxygens (including phenoxy) is 2. The van der Waals surface area contributed by atoms with Gasteiger partial charge in [-0.1, -0.05) is 12.1 Å². The zero-order valence-corrected chi connectivity index (χ0v) is 8.30. The maximum atomic E-state index is 5.76. The molecular formula is C10H11N3O2. The van der Waals surface area contributed by atoms with Gasteiger partial charge in [-0.25, -0.2) is 0 Å². The van der Waals surface area contributed by atoms with E-state index < -0.39 is 0 Å². The molecule has 0 aliphatic carbocycles. The minimum Gasteiger partial charge on any atom is -0.436 e. The largest absolute Gasteiger partial charge is 0.436 e. The van der Waals surface area contributed by atoms with E-state index in [4.69, 9.17) is 15.2 Å². The molecule has 1 aromatic carbocycles. The van der Waals surface area contributed by atoms with Crippen molar-refractivity contribution in [1.82, 2.24) is 9.97 Å². The van der Waals surface area contributed by atoms with E-state index in [1.165, 1.54) is 7.11 Å². The number of rotatable bonds is 3. The molecule has 78 valence electrons. The van der Waals surface area contributed by atoms with E-state index in [1.807, 2.05) is 24.3 Å². The van der Waals surface area contributed by atoms with Gasteiger partial charge in [0, 0.05) is 12.5 Å². The molecule has 15 heavy (non-hydrogen) atoms. The van der Waals surface area contributed by atoms with Crippen LogP contribution in [0.5, 0.6) is 6.01 Å². The van der Waals surface area contributed by atoms with E-state index in [0.717, 1.165) is 10.9 Å². The van der Waals surface area contributed by atoms with Gasteiger partial charge in [-0.05, 0) is 12.1 Å². The minimum absolute atomic E-state index is 0.109. The van der Waals surface area contributed by atoms with Crippen LogP contribution in [0, 0.1) is 0 Å². The molecule has 0 aliphatic rings. The number of methoxy groups -OCH3 is 1. The van der Waals surface area contributed by atoms with E-state index in [9.17, 15) is 0 Å². The molecule has 0 atom stereocenters. The first-order valence-electron chi connectivity index (χ1n) is 4.45. The zero-order chi connectivity index (χ0) is 10.7. The Labute approximate surface area is 86.8 Å². The zero-order valence-electron chi connectivity index (χ0n) is 8.30. The average Bonchev–Trinajstić information content (AvgIpc) is 2.26. The van der Waals surface area contributed by atoms with Crippen LogP contribution in [0.2, 0.25) is 0 Å². The Kier molecular flexibility index (Phi) is 2.64. The maximum Gasteiger partial charge on any atom is 0.321 e. The van der Waals surface area contributed by atoms with Crippen LogP contribution < -0.4 is 10.5 Å². The second-order valence-electron chi connectivity index (χ2n) is 2.96. The lowest BCUT2D eigenvalue weighted by molar-refractivity contribution is 0.0446. The summed E-state index contributed by atoms with van der Waals surface area (Å²) in [5.41, 5.74) is 6.52. The Hall–Kier alpha value is -1.88. The van der Waals surface area contributed by atoms with Gasteiger partial charge in [-0.2, -0.15) is 9.97 Å². The molecule has 5 nitrogen and oxygen atoms in total. The Morgan fingerprint density at radius 3 is 2.87 bits per heavy atom. The summed E-state index contributed by atoms with van der Waals surface area (Å²) in [5, 5.41) is 0.822. The van der Waals surface area contributed by atoms with Crippen molar-refractivity contribution in [3.63, 3.8) is 0 Å². The van der Waals surface area contributed by atoms with E-state index in [-0.39, 0.29) is 12.8 Å². The van der Waals surface area contributed by atoms with E-state index in [0.29, 0.717) is 5.82 Å². The molecule has 1 heterocycles. The molecule has 0 aliphatic heterocycles. The predicted octanol–water partition coefficient (Wildman–Crippen LogP) is 1.19. The highest BCUT2D eigenvalue weighted by Crippen LogP contribution is 2.19. The second-order valence-corrected chi connectivity index (χ2v) is 2.96. The molecule has 0 spiro atoms. The van der Waals surface area contributed by atoms with Crippen LogP contribution in [0.15, 0.2) is 24.3 Å². The van der Waals surface area contributed by atoms with Gasteiger partial charge in [-0.3, -0.25) is 0 Å². The van der Waals surface area contributed by atoms with Gasteiger partial charge in [0.1, 0.15) is 5.82 Å². The molecule has 1 aromatic heterocycles. The van der Waals surface area contributed by atoms with E-state index in [1.54, 1.807) is 0 Å². The fourth-order valence-electron chi connectivity index (χ4n) is 1.26. The standard InChI is InChI=1S/C10H11N3O2/c1-14-6-15-10-12-8-5-3-2-4-7(8)9(11)13-10/h2-5H,6H2,1H3,(H2,11,12,13). The lowest BCUT2D eigenvalue weighted by atomic mass is 10.2. The molecular weight excluding hydrogens is 194 g/mol. The highest BCUT2D eigenvalue weighted by atomic mass is 16.7. The maximum absolute atomic E-state index is 5.76. The highest BCUT2D eigenvalue weighted by molar-refractivity contribution is 5.87. The summed E-state index contributed by atoms with van der Waals surface area (Å²) < 4.78 is 9.87. The number of para-hydroxylation sites is 1. The molecule has 2 aromatic rings. The highest BCUT2D eigenvalue weighted by Gasteiger charge is 2.04. The number of aromatic nitrogens is 2. The monoisotopic (exact) mass is 205 g/mol. The Balaban J connectivity index is 2.43.